The number of fused-ring (bicyclic) bond motifs is 1. The molecule has 0 aliphatic heterocycles. The van der Waals surface area contributed by atoms with Gasteiger partial charge in [-0.3, -0.25) is 9.69 Å². The fraction of sp³-hybridized carbons (Fsp3) is 0.391. The summed E-state index contributed by atoms with van der Waals surface area (Å²) in [7, 11) is 0.705. The van der Waals surface area contributed by atoms with Crippen LogP contribution in [0.25, 0.3) is 10.2 Å². The first-order valence-corrected chi connectivity index (χ1v) is 12.9. The molecule has 1 heterocycles. The highest BCUT2D eigenvalue weighted by Crippen LogP contribution is 2.31. The van der Waals surface area contributed by atoms with E-state index in [1.807, 2.05) is 20.2 Å². The SMILES string of the molecule is CCc1ccc2nc(N(CCCN(C)C)C(=O)c3ccc(S(=O)(=O)CC)cc3)sc2c1. The van der Waals surface area contributed by atoms with Crippen LogP contribution < -0.4 is 4.90 Å². The Morgan fingerprint density at radius 2 is 1.74 bits per heavy atom. The summed E-state index contributed by atoms with van der Waals surface area (Å²) in [6.07, 6.45) is 1.75. The molecule has 0 fully saturated rings. The number of carbonyl (C=O) groups is 1. The third kappa shape index (κ3) is 5.50. The molecule has 8 heteroatoms. The highest BCUT2D eigenvalue weighted by Gasteiger charge is 2.22. The van der Waals surface area contributed by atoms with E-state index in [0.29, 0.717) is 17.2 Å². The molecular weight excluding hydrogens is 430 g/mol. The van der Waals surface area contributed by atoms with E-state index >= 15 is 0 Å². The summed E-state index contributed by atoms with van der Waals surface area (Å²) in [5, 5.41) is 0.664. The Morgan fingerprint density at radius 1 is 1.03 bits per heavy atom. The minimum Gasteiger partial charge on any atom is -0.309 e. The molecule has 0 aliphatic rings. The molecule has 3 aromatic rings. The van der Waals surface area contributed by atoms with Gasteiger partial charge in [0.2, 0.25) is 0 Å². The first-order valence-electron chi connectivity index (χ1n) is 10.4. The van der Waals surface area contributed by atoms with E-state index in [4.69, 9.17) is 4.98 Å². The standard InChI is InChI=1S/C23H29N3O3S2/c1-5-17-8-13-20-21(16-17)30-23(24-20)26(15-7-14-25(3)4)22(27)18-9-11-19(12-10-18)31(28,29)6-2/h8-13,16H,5-7,14-15H2,1-4H3. The molecular formula is C23H29N3O3S2. The molecule has 0 saturated heterocycles. The lowest BCUT2D eigenvalue weighted by Crippen LogP contribution is -2.33. The Labute approximate surface area is 188 Å². The van der Waals surface area contributed by atoms with E-state index in [-0.39, 0.29) is 16.6 Å². The summed E-state index contributed by atoms with van der Waals surface area (Å²) in [6.45, 7) is 5.11. The van der Waals surface area contributed by atoms with Crippen LogP contribution in [-0.2, 0) is 16.3 Å². The van der Waals surface area contributed by atoms with Crippen molar-refractivity contribution in [3.8, 4) is 0 Å². The highest BCUT2D eigenvalue weighted by molar-refractivity contribution is 7.91. The largest absolute Gasteiger partial charge is 0.309 e. The lowest BCUT2D eigenvalue weighted by atomic mass is 10.2. The first-order chi connectivity index (χ1) is 14.7. The van der Waals surface area contributed by atoms with E-state index < -0.39 is 9.84 Å². The van der Waals surface area contributed by atoms with Crippen molar-refractivity contribution in [2.45, 2.75) is 31.6 Å². The van der Waals surface area contributed by atoms with Crippen LogP contribution in [0.2, 0.25) is 0 Å². The molecule has 0 atom stereocenters. The summed E-state index contributed by atoms with van der Waals surface area (Å²) >= 11 is 1.51. The zero-order chi connectivity index (χ0) is 22.6. The molecule has 0 saturated carbocycles. The second-order valence-corrected chi connectivity index (χ2v) is 11.0. The van der Waals surface area contributed by atoms with Crippen molar-refractivity contribution in [3.63, 3.8) is 0 Å². The molecule has 3 rings (SSSR count). The number of hydrogen-bond acceptors (Lipinski definition) is 6. The zero-order valence-electron chi connectivity index (χ0n) is 18.5. The summed E-state index contributed by atoms with van der Waals surface area (Å²) in [6, 6.07) is 12.4. The third-order valence-electron chi connectivity index (χ3n) is 5.15. The summed E-state index contributed by atoms with van der Waals surface area (Å²) in [5.41, 5.74) is 2.57. The molecule has 0 aliphatic carbocycles. The maximum atomic E-state index is 13.4. The monoisotopic (exact) mass is 459 g/mol. The van der Waals surface area contributed by atoms with Gasteiger partial charge in [0, 0.05) is 12.1 Å². The molecule has 0 unspecified atom stereocenters. The van der Waals surface area contributed by atoms with Gasteiger partial charge in [-0.05, 0) is 75.4 Å². The molecule has 2 aromatic carbocycles. The lowest BCUT2D eigenvalue weighted by Gasteiger charge is -2.21. The second kappa shape index (κ2) is 9.89. The minimum absolute atomic E-state index is 0.0302. The van der Waals surface area contributed by atoms with E-state index in [1.165, 1.54) is 29.0 Å². The topological polar surface area (TPSA) is 70.6 Å². The number of anilines is 1. The Balaban J connectivity index is 1.93. The molecule has 0 bridgehead atoms. The van der Waals surface area contributed by atoms with Gasteiger partial charge in [-0.25, -0.2) is 13.4 Å². The summed E-state index contributed by atoms with van der Waals surface area (Å²) in [4.78, 5) is 22.1. The number of benzene rings is 2. The van der Waals surface area contributed by atoms with Gasteiger partial charge in [0.05, 0.1) is 20.9 Å². The number of aromatic nitrogens is 1. The molecule has 1 amide bonds. The van der Waals surface area contributed by atoms with E-state index in [9.17, 15) is 13.2 Å². The van der Waals surface area contributed by atoms with Crippen molar-refractivity contribution in [2.75, 3.05) is 37.8 Å². The van der Waals surface area contributed by atoms with Gasteiger partial charge >= 0.3 is 0 Å². The predicted octanol–water partition coefficient (Wildman–Crippen LogP) is 4.25. The number of rotatable bonds is 9. The smallest absolute Gasteiger partial charge is 0.260 e. The Morgan fingerprint density at radius 3 is 2.35 bits per heavy atom. The number of hydrogen-bond donors (Lipinski definition) is 0. The Kier molecular flexibility index (Phi) is 7.46. The molecule has 0 radical (unpaired) electrons. The number of sulfone groups is 1. The normalized spacial score (nSPS) is 11.9. The van der Waals surface area contributed by atoms with Crippen molar-refractivity contribution >= 4 is 42.4 Å². The number of amides is 1. The van der Waals surface area contributed by atoms with Crippen LogP contribution in [0.5, 0.6) is 0 Å². The Bertz CT molecular complexity index is 1150. The van der Waals surface area contributed by atoms with Crippen LogP contribution in [0.1, 0.15) is 36.2 Å². The molecule has 0 spiro atoms. The first kappa shape index (κ1) is 23.4. The van der Waals surface area contributed by atoms with Gasteiger partial charge in [-0.15, -0.1) is 0 Å². The van der Waals surface area contributed by atoms with Gasteiger partial charge < -0.3 is 4.90 Å². The Hall–Kier alpha value is -2.29. The number of nitrogens with zero attached hydrogens (tertiary/aromatic N) is 3. The van der Waals surface area contributed by atoms with Crippen molar-refractivity contribution in [1.29, 1.82) is 0 Å². The van der Waals surface area contributed by atoms with Crippen LogP contribution in [0.15, 0.2) is 47.4 Å². The highest BCUT2D eigenvalue weighted by atomic mass is 32.2. The zero-order valence-corrected chi connectivity index (χ0v) is 20.1. The third-order valence-corrected chi connectivity index (χ3v) is 7.94. The van der Waals surface area contributed by atoms with E-state index in [1.54, 1.807) is 24.0 Å². The lowest BCUT2D eigenvalue weighted by molar-refractivity contribution is 0.0986. The van der Waals surface area contributed by atoms with Crippen molar-refractivity contribution in [1.82, 2.24) is 9.88 Å². The summed E-state index contributed by atoms with van der Waals surface area (Å²) < 4.78 is 25.2. The summed E-state index contributed by atoms with van der Waals surface area (Å²) in [5.74, 6) is -0.142. The van der Waals surface area contributed by atoms with Gasteiger partial charge in [0.15, 0.2) is 15.0 Å². The van der Waals surface area contributed by atoms with E-state index in [2.05, 4.69) is 24.0 Å². The van der Waals surface area contributed by atoms with Crippen molar-refractivity contribution in [3.05, 3.63) is 53.6 Å². The average molecular weight is 460 g/mol. The van der Waals surface area contributed by atoms with Crippen LogP contribution in [0.4, 0.5) is 5.13 Å². The van der Waals surface area contributed by atoms with Gasteiger partial charge in [0.1, 0.15) is 0 Å². The van der Waals surface area contributed by atoms with Gasteiger partial charge in [-0.1, -0.05) is 31.3 Å². The minimum atomic E-state index is -3.30. The quantitative estimate of drug-likeness (QED) is 0.478. The maximum absolute atomic E-state index is 13.4. The van der Waals surface area contributed by atoms with Crippen molar-refractivity contribution < 1.29 is 13.2 Å². The molecule has 1 aromatic heterocycles. The number of thiazole rings is 1. The fourth-order valence-corrected chi connectivity index (χ4v) is 5.19. The second-order valence-electron chi connectivity index (χ2n) is 7.69. The van der Waals surface area contributed by atoms with Crippen LogP contribution in [-0.4, -0.2) is 57.1 Å². The van der Waals surface area contributed by atoms with Crippen LogP contribution in [0, 0.1) is 0 Å². The van der Waals surface area contributed by atoms with Crippen molar-refractivity contribution in [2.24, 2.45) is 0 Å². The average Bonchev–Trinajstić information content (AvgIpc) is 3.19. The molecule has 0 N–H and O–H groups in total. The number of aryl methyl sites for hydroxylation is 1. The van der Waals surface area contributed by atoms with Crippen LogP contribution in [0.3, 0.4) is 0 Å². The van der Waals surface area contributed by atoms with E-state index in [0.717, 1.165) is 29.6 Å². The predicted molar refractivity (Wildman–Crippen MR) is 128 cm³/mol. The maximum Gasteiger partial charge on any atom is 0.260 e. The molecule has 166 valence electrons. The molecule has 6 nitrogen and oxygen atoms in total. The van der Waals surface area contributed by atoms with Gasteiger partial charge in [0.25, 0.3) is 5.91 Å². The fourth-order valence-electron chi connectivity index (χ4n) is 3.25. The van der Waals surface area contributed by atoms with Gasteiger partial charge in [-0.2, -0.15) is 0 Å². The van der Waals surface area contributed by atoms with Crippen LogP contribution >= 0.6 is 11.3 Å². The molecule has 31 heavy (non-hydrogen) atoms. The number of carbonyl (C=O) groups excluding carboxylic acids is 1.